The molecule has 0 fully saturated rings. The largest absolute Gasteiger partial charge is 1.00 e. The highest BCUT2D eigenvalue weighted by Crippen LogP contribution is 1.91. The van der Waals surface area contributed by atoms with Crippen LogP contribution in [0.4, 0.5) is 0 Å². The second-order valence-electron chi connectivity index (χ2n) is 1.31. The van der Waals surface area contributed by atoms with Gasteiger partial charge >= 0.3 is 0 Å². The first-order valence-corrected chi connectivity index (χ1v) is 2.32. The molecular formula is C5H7IN2. The predicted molar refractivity (Wildman–Crippen MR) is 29.0 cm³/mol. The number of hydrogen-bond donors (Lipinski definition) is 0. The highest BCUT2D eigenvalue weighted by molar-refractivity contribution is 5.59. The van der Waals surface area contributed by atoms with E-state index in [2.05, 4.69) is 18.3 Å². The van der Waals surface area contributed by atoms with Crippen LogP contribution < -0.4 is 24.0 Å². The van der Waals surface area contributed by atoms with Gasteiger partial charge in [0.05, 0.1) is 6.54 Å². The molecule has 0 aromatic rings. The molecule has 0 amide bonds. The van der Waals surface area contributed by atoms with Crippen molar-refractivity contribution in [3.8, 4) is 0 Å². The van der Waals surface area contributed by atoms with Crippen LogP contribution in [0.25, 0.3) is 0 Å². The molecule has 2 nitrogen and oxygen atoms in total. The Labute approximate surface area is 66.3 Å². The Kier molecular flexibility index (Phi) is 3.73. The zero-order valence-electron chi connectivity index (χ0n) is 4.63. The molecular weight excluding hydrogens is 215 g/mol. The van der Waals surface area contributed by atoms with Crippen LogP contribution >= 0.6 is 0 Å². The molecule has 0 saturated heterocycles. The Bertz CT molecular complexity index is 97.0. The Morgan fingerprint density at radius 2 is 2.50 bits per heavy atom. The minimum Gasteiger partial charge on any atom is -1.00 e. The predicted octanol–water partition coefficient (Wildman–Crippen LogP) is -2.30. The standard InChI is InChI=1S/C5H7N2.HI/c1-2-7-4-3-6-5-7;/h3-4H,2H2,1H3;1H/q+1;/p-1. The van der Waals surface area contributed by atoms with Crippen molar-refractivity contribution < 1.29 is 24.0 Å². The maximum atomic E-state index is 3.73. The molecule has 3 heteroatoms. The van der Waals surface area contributed by atoms with E-state index in [-0.39, 0.29) is 24.0 Å². The van der Waals surface area contributed by atoms with E-state index in [1.54, 1.807) is 6.20 Å². The molecule has 0 aliphatic carbocycles. The number of nitrogens with zero attached hydrogens (tertiary/aromatic N) is 2. The van der Waals surface area contributed by atoms with Crippen molar-refractivity contribution in [2.45, 2.75) is 6.92 Å². The molecule has 44 valence electrons. The van der Waals surface area contributed by atoms with Crippen LogP contribution in [-0.4, -0.2) is 17.8 Å². The molecule has 0 unspecified atom stereocenters. The van der Waals surface area contributed by atoms with Gasteiger partial charge in [-0.1, -0.05) is 0 Å². The maximum Gasteiger partial charge on any atom is 0.255 e. The van der Waals surface area contributed by atoms with E-state index in [4.69, 9.17) is 0 Å². The molecule has 1 aliphatic rings. The van der Waals surface area contributed by atoms with Gasteiger partial charge in [-0.3, -0.25) is 0 Å². The topological polar surface area (TPSA) is 15.6 Å². The molecule has 8 heavy (non-hydrogen) atoms. The highest BCUT2D eigenvalue weighted by atomic mass is 127. The zero-order valence-corrected chi connectivity index (χ0v) is 6.79. The molecule has 0 atom stereocenters. The lowest BCUT2D eigenvalue weighted by molar-refractivity contribution is -0.00000154. The fraction of sp³-hybridized carbons (Fsp3) is 0.400. The van der Waals surface area contributed by atoms with E-state index in [0.29, 0.717) is 0 Å². The van der Waals surface area contributed by atoms with Crippen LogP contribution in [0.1, 0.15) is 6.92 Å². The van der Waals surface area contributed by atoms with Gasteiger partial charge in [-0.15, -0.1) is 0 Å². The number of hydrogen-bond acceptors (Lipinski definition) is 2. The van der Waals surface area contributed by atoms with Crippen molar-refractivity contribution in [2.24, 2.45) is 4.99 Å². The smallest absolute Gasteiger partial charge is 0.255 e. The SMILES string of the molecule is CCN1[C+]=NC=C1.[I-]. The average Bonchev–Trinajstić information content (AvgIpc) is 2.14. The molecule has 0 N–H and O–H groups in total. The van der Waals surface area contributed by atoms with Crippen LogP contribution in [0.5, 0.6) is 0 Å². The van der Waals surface area contributed by atoms with E-state index in [1.807, 2.05) is 11.1 Å². The third-order valence-electron chi connectivity index (χ3n) is 0.848. The lowest BCUT2D eigenvalue weighted by Crippen LogP contribution is -3.00. The Morgan fingerprint density at radius 1 is 1.75 bits per heavy atom. The zero-order chi connectivity index (χ0) is 5.11. The highest BCUT2D eigenvalue weighted by Gasteiger charge is 2.04. The van der Waals surface area contributed by atoms with Crippen LogP contribution in [0, 0.1) is 0 Å². The van der Waals surface area contributed by atoms with Gasteiger partial charge in [0.2, 0.25) is 6.20 Å². The summed E-state index contributed by atoms with van der Waals surface area (Å²) >= 11 is 0. The molecule has 1 rings (SSSR count). The summed E-state index contributed by atoms with van der Waals surface area (Å²) in [6.45, 7) is 3.01. The van der Waals surface area contributed by atoms with Gasteiger partial charge in [-0.2, -0.15) is 4.90 Å². The van der Waals surface area contributed by atoms with E-state index < -0.39 is 0 Å². The van der Waals surface area contributed by atoms with Crippen molar-refractivity contribution in [3.63, 3.8) is 0 Å². The second kappa shape index (κ2) is 3.80. The summed E-state index contributed by atoms with van der Waals surface area (Å²) in [5.41, 5.74) is 0. The lowest BCUT2D eigenvalue weighted by atomic mass is 10.7. The molecule has 0 radical (unpaired) electrons. The summed E-state index contributed by atoms with van der Waals surface area (Å²) in [6, 6.07) is 0. The summed E-state index contributed by atoms with van der Waals surface area (Å²) in [6.07, 6.45) is 6.37. The van der Waals surface area contributed by atoms with Crippen LogP contribution in [0.3, 0.4) is 0 Å². The summed E-state index contributed by atoms with van der Waals surface area (Å²) in [5.74, 6) is 0. The van der Waals surface area contributed by atoms with Gasteiger partial charge in [0, 0.05) is 0 Å². The van der Waals surface area contributed by atoms with Crippen molar-refractivity contribution in [2.75, 3.05) is 6.54 Å². The van der Waals surface area contributed by atoms with Gasteiger partial charge in [0.1, 0.15) is 0 Å². The first kappa shape index (κ1) is 7.85. The third-order valence-corrected chi connectivity index (χ3v) is 0.848. The summed E-state index contributed by atoms with van der Waals surface area (Å²) in [7, 11) is 0. The van der Waals surface area contributed by atoms with Gasteiger partial charge in [0.25, 0.3) is 6.34 Å². The van der Waals surface area contributed by atoms with E-state index in [0.717, 1.165) is 6.54 Å². The van der Waals surface area contributed by atoms with E-state index >= 15 is 0 Å². The van der Waals surface area contributed by atoms with Crippen molar-refractivity contribution in [1.82, 2.24) is 4.90 Å². The van der Waals surface area contributed by atoms with Crippen LogP contribution in [-0.2, 0) is 0 Å². The Morgan fingerprint density at radius 3 is 2.75 bits per heavy atom. The molecule has 0 aromatic heterocycles. The number of halogens is 1. The monoisotopic (exact) mass is 222 g/mol. The van der Waals surface area contributed by atoms with E-state index in [1.165, 1.54) is 0 Å². The Balaban J connectivity index is 0.000000490. The number of aliphatic imine (C=N–C) groups is 1. The van der Waals surface area contributed by atoms with Gasteiger partial charge in [-0.25, -0.2) is 0 Å². The minimum absolute atomic E-state index is 0. The number of rotatable bonds is 1. The maximum absolute atomic E-state index is 3.73. The molecule has 0 aromatic carbocycles. The van der Waals surface area contributed by atoms with Crippen molar-refractivity contribution in [1.29, 1.82) is 0 Å². The average molecular weight is 222 g/mol. The minimum atomic E-state index is 0. The summed E-state index contributed by atoms with van der Waals surface area (Å²) in [5, 5.41) is 0. The second-order valence-corrected chi connectivity index (χ2v) is 1.31. The van der Waals surface area contributed by atoms with Crippen LogP contribution in [0.15, 0.2) is 17.4 Å². The fourth-order valence-electron chi connectivity index (χ4n) is 0.431. The molecule has 0 bridgehead atoms. The van der Waals surface area contributed by atoms with Gasteiger partial charge < -0.3 is 24.0 Å². The molecule has 0 spiro atoms. The quantitative estimate of drug-likeness (QED) is 0.360. The summed E-state index contributed by atoms with van der Waals surface area (Å²) < 4.78 is 0. The first-order valence-electron chi connectivity index (χ1n) is 2.32. The Hall–Kier alpha value is -0.150. The molecule has 0 saturated carbocycles. The van der Waals surface area contributed by atoms with Crippen LogP contribution in [0.2, 0.25) is 0 Å². The van der Waals surface area contributed by atoms with Crippen molar-refractivity contribution in [3.05, 3.63) is 12.4 Å². The van der Waals surface area contributed by atoms with E-state index in [9.17, 15) is 0 Å². The van der Waals surface area contributed by atoms with Gasteiger partial charge in [0.15, 0.2) is 6.20 Å². The van der Waals surface area contributed by atoms with Crippen molar-refractivity contribution >= 4 is 6.34 Å². The fourth-order valence-corrected chi connectivity index (χ4v) is 0.431. The van der Waals surface area contributed by atoms with Gasteiger partial charge in [-0.05, 0) is 11.9 Å². The summed E-state index contributed by atoms with van der Waals surface area (Å²) in [4.78, 5) is 5.62. The lowest BCUT2D eigenvalue weighted by Gasteiger charge is -1.90. The normalized spacial score (nSPS) is 13.4. The molecule has 1 heterocycles. The first-order chi connectivity index (χ1) is 3.43. The molecule has 1 aliphatic heterocycles. The third kappa shape index (κ3) is 1.76.